The summed E-state index contributed by atoms with van der Waals surface area (Å²) in [6.45, 7) is 8.72. The van der Waals surface area contributed by atoms with E-state index in [2.05, 4.69) is 55.1 Å². The fourth-order valence-corrected chi connectivity index (χ4v) is 6.10. The van der Waals surface area contributed by atoms with Crippen LogP contribution in [0.25, 0.3) is 5.57 Å². The predicted octanol–water partition coefficient (Wildman–Crippen LogP) is 5.15. The molecule has 184 valence electrons. The van der Waals surface area contributed by atoms with E-state index in [9.17, 15) is 9.90 Å². The number of benzene rings is 1. The van der Waals surface area contributed by atoms with Crippen LogP contribution in [-0.2, 0) is 10.3 Å². The lowest BCUT2D eigenvalue weighted by atomic mass is 9.69. The highest BCUT2D eigenvalue weighted by molar-refractivity contribution is 6.03. The van der Waals surface area contributed by atoms with E-state index in [1.165, 1.54) is 11.8 Å². The van der Waals surface area contributed by atoms with Gasteiger partial charge in [-0.3, -0.25) is 4.79 Å². The summed E-state index contributed by atoms with van der Waals surface area (Å²) in [5.74, 6) is -0.369. The van der Waals surface area contributed by atoms with E-state index in [1.54, 1.807) is 0 Å². The van der Waals surface area contributed by atoms with Crippen molar-refractivity contribution in [1.29, 1.82) is 5.26 Å². The third kappa shape index (κ3) is 4.09. The van der Waals surface area contributed by atoms with Gasteiger partial charge in [0.25, 0.3) is 5.91 Å². The molecule has 7 nitrogen and oxygen atoms in total. The molecule has 2 saturated heterocycles. The molecule has 1 aliphatic carbocycles. The van der Waals surface area contributed by atoms with E-state index in [1.807, 2.05) is 18.2 Å². The molecule has 2 aromatic rings. The quantitative estimate of drug-likeness (QED) is 0.568. The van der Waals surface area contributed by atoms with E-state index in [4.69, 9.17) is 10.00 Å². The van der Waals surface area contributed by atoms with Crippen LogP contribution < -0.4 is 5.32 Å². The first-order chi connectivity index (χ1) is 16.6. The summed E-state index contributed by atoms with van der Waals surface area (Å²) >= 11 is 0. The molecule has 2 bridgehead atoms. The molecule has 0 radical (unpaired) electrons. The Hall–Kier alpha value is -2.95. The van der Waals surface area contributed by atoms with E-state index in [0.717, 1.165) is 43.2 Å². The van der Waals surface area contributed by atoms with Crippen LogP contribution in [0.2, 0.25) is 0 Å². The molecule has 35 heavy (non-hydrogen) atoms. The van der Waals surface area contributed by atoms with Gasteiger partial charge < -0.3 is 20.1 Å². The van der Waals surface area contributed by atoms with Gasteiger partial charge in [0, 0.05) is 23.1 Å². The molecule has 7 heteroatoms. The van der Waals surface area contributed by atoms with Gasteiger partial charge in [0.2, 0.25) is 0 Å². The Morgan fingerprint density at radius 2 is 1.97 bits per heavy atom. The second kappa shape index (κ2) is 8.61. The van der Waals surface area contributed by atoms with Crippen LogP contribution in [0.3, 0.4) is 0 Å². The van der Waals surface area contributed by atoms with Gasteiger partial charge in [0.15, 0.2) is 5.82 Å². The van der Waals surface area contributed by atoms with E-state index < -0.39 is 11.5 Å². The molecule has 5 rings (SSSR count). The number of anilines is 1. The first-order valence-electron chi connectivity index (χ1n) is 12.6. The molecular weight excluding hydrogens is 440 g/mol. The number of nitrogens with zero attached hydrogens (tertiary/aromatic N) is 2. The van der Waals surface area contributed by atoms with Crippen molar-refractivity contribution in [2.24, 2.45) is 17.3 Å². The Balaban J connectivity index is 1.54. The molecular formula is C28H34N4O3. The third-order valence-electron chi connectivity index (χ3n) is 8.55. The van der Waals surface area contributed by atoms with Crippen molar-refractivity contribution in [2.75, 3.05) is 5.32 Å². The zero-order chi connectivity index (χ0) is 25.0. The maximum absolute atomic E-state index is 12.9. The molecule has 2 aliphatic heterocycles. The molecule has 3 heterocycles. The number of ether oxygens (including phenoxy) is 1. The molecule has 1 amide bonds. The molecule has 5 atom stereocenters. The first-order valence-corrected chi connectivity index (χ1v) is 12.6. The van der Waals surface area contributed by atoms with Gasteiger partial charge in [-0.25, -0.2) is 4.98 Å². The third-order valence-corrected chi connectivity index (χ3v) is 8.55. The number of H-pyrrole nitrogens is 1. The first kappa shape index (κ1) is 23.8. The van der Waals surface area contributed by atoms with Gasteiger partial charge in [0.1, 0.15) is 11.8 Å². The lowest BCUT2D eigenvalue weighted by Crippen LogP contribution is -2.52. The molecule has 2 unspecified atom stereocenters. The number of carbonyl (C=O) groups is 1. The molecule has 1 aromatic carbocycles. The second-order valence-corrected chi connectivity index (χ2v) is 11.3. The Labute approximate surface area is 206 Å². The van der Waals surface area contributed by atoms with Gasteiger partial charge in [-0.2, -0.15) is 5.26 Å². The van der Waals surface area contributed by atoms with Gasteiger partial charge in [-0.1, -0.05) is 39.8 Å². The maximum atomic E-state index is 12.9. The number of aromatic amines is 1. The standard InChI is InChI=1S/C28H34N4O3/c1-16-23-7-8-24(35-23)17(2)28(16,34)19-5-6-22(32-26(33)25-30-15-20(14-29)31-25)21(13-19)18-9-11-27(3,4)12-10-18/h5-6,9,13,15-17,23-24,34H,7-8,10-12H2,1-4H3,(H,30,31)(H,32,33)/t16-,17+,23+,24?,28?/m0/s1. The van der Waals surface area contributed by atoms with Crippen LogP contribution in [0.5, 0.6) is 0 Å². The minimum absolute atomic E-state index is 0.0312. The predicted molar refractivity (Wildman–Crippen MR) is 133 cm³/mol. The Bertz CT molecular complexity index is 1210. The van der Waals surface area contributed by atoms with Crippen LogP contribution >= 0.6 is 0 Å². The highest BCUT2D eigenvalue weighted by atomic mass is 16.5. The fraction of sp³-hybridized carbons (Fsp3) is 0.536. The van der Waals surface area contributed by atoms with Crippen LogP contribution in [0, 0.1) is 28.6 Å². The van der Waals surface area contributed by atoms with Gasteiger partial charge in [-0.05, 0) is 60.8 Å². The van der Waals surface area contributed by atoms with Crippen LogP contribution in [0.1, 0.15) is 87.2 Å². The summed E-state index contributed by atoms with van der Waals surface area (Å²) < 4.78 is 6.18. The van der Waals surface area contributed by atoms with Crippen molar-refractivity contribution in [1.82, 2.24) is 9.97 Å². The molecule has 0 spiro atoms. The van der Waals surface area contributed by atoms with Crippen LogP contribution in [0.15, 0.2) is 30.5 Å². The minimum atomic E-state index is -1.00. The van der Waals surface area contributed by atoms with Crippen molar-refractivity contribution >= 4 is 17.2 Å². The summed E-state index contributed by atoms with van der Waals surface area (Å²) in [6, 6.07) is 7.86. The smallest absolute Gasteiger partial charge is 0.291 e. The largest absolute Gasteiger partial charge is 0.384 e. The number of imidazole rings is 1. The van der Waals surface area contributed by atoms with Crippen molar-refractivity contribution in [3.8, 4) is 6.07 Å². The minimum Gasteiger partial charge on any atom is -0.384 e. The number of hydrogen-bond donors (Lipinski definition) is 3. The van der Waals surface area contributed by atoms with E-state index in [-0.39, 0.29) is 41.0 Å². The number of rotatable bonds is 4. The highest BCUT2D eigenvalue weighted by Crippen LogP contribution is 2.52. The number of nitrogens with one attached hydrogen (secondary N) is 2. The van der Waals surface area contributed by atoms with Gasteiger partial charge >= 0.3 is 0 Å². The number of hydrogen-bond acceptors (Lipinski definition) is 5. The number of carbonyl (C=O) groups excluding carboxylic acids is 1. The van der Waals surface area contributed by atoms with Crippen molar-refractivity contribution < 1.29 is 14.6 Å². The lowest BCUT2D eigenvalue weighted by molar-refractivity contribution is -0.194. The number of allylic oxidation sites excluding steroid dienone is 2. The summed E-state index contributed by atoms with van der Waals surface area (Å²) in [7, 11) is 0. The van der Waals surface area contributed by atoms with Crippen molar-refractivity contribution in [3.05, 3.63) is 53.1 Å². The SMILES string of the molecule is C[C@@H]1C2CC[C@@H](O2)[C@H](C)C1(O)c1ccc(NC(=O)c2ncc(C#N)[nH]2)c(C2=CCC(C)(C)CC2)c1. The fourth-order valence-electron chi connectivity index (χ4n) is 6.10. The van der Waals surface area contributed by atoms with Gasteiger partial charge in [0.05, 0.1) is 24.0 Å². The average Bonchev–Trinajstić information content (AvgIpc) is 3.51. The summed E-state index contributed by atoms with van der Waals surface area (Å²) in [5, 5.41) is 24.2. The number of fused-ring (bicyclic) bond motifs is 2. The molecule has 1 aromatic heterocycles. The number of aromatic nitrogens is 2. The molecule has 2 fully saturated rings. The molecule has 0 saturated carbocycles. The Morgan fingerprint density at radius 3 is 2.57 bits per heavy atom. The van der Waals surface area contributed by atoms with E-state index >= 15 is 0 Å². The monoisotopic (exact) mass is 474 g/mol. The average molecular weight is 475 g/mol. The maximum Gasteiger partial charge on any atom is 0.291 e. The summed E-state index contributed by atoms with van der Waals surface area (Å²) in [6.07, 6.45) is 8.61. The normalized spacial score (nSPS) is 31.5. The summed E-state index contributed by atoms with van der Waals surface area (Å²) in [5.41, 5.74) is 3.15. The highest BCUT2D eigenvalue weighted by Gasteiger charge is 2.55. The number of amides is 1. The number of aliphatic hydroxyl groups is 1. The summed E-state index contributed by atoms with van der Waals surface area (Å²) in [4.78, 5) is 19.7. The van der Waals surface area contributed by atoms with Crippen molar-refractivity contribution in [2.45, 2.75) is 77.6 Å². The Kier molecular flexibility index (Phi) is 5.85. The van der Waals surface area contributed by atoms with Crippen LogP contribution in [-0.4, -0.2) is 33.2 Å². The topological polar surface area (TPSA) is 111 Å². The molecule has 3 aliphatic rings. The van der Waals surface area contributed by atoms with Crippen molar-refractivity contribution in [3.63, 3.8) is 0 Å². The van der Waals surface area contributed by atoms with Gasteiger partial charge in [-0.15, -0.1) is 0 Å². The lowest BCUT2D eigenvalue weighted by Gasteiger charge is -2.47. The Morgan fingerprint density at radius 1 is 1.26 bits per heavy atom. The second-order valence-electron chi connectivity index (χ2n) is 11.3. The zero-order valence-corrected chi connectivity index (χ0v) is 20.9. The molecule has 3 N–H and O–H groups in total. The van der Waals surface area contributed by atoms with Crippen LogP contribution in [0.4, 0.5) is 5.69 Å². The zero-order valence-electron chi connectivity index (χ0n) is 20.9. The van der Waals surface area contributed by atoms with E-state index in [0.29, 0.717) is 5.69 Å². The number of nitriles is 1.